The average Bonchev–Trinajstić information content (AvgIpc) is 3.43. The lowest BCUT2D eigenvalue weighted by Gasteiger charge is -2.07. The van der Waals surface area contributed by atoms with E-state index >= 15 is 0 Å². The Morgan fingerprint density at radius 3 is 2.58 bits per heavy atom. The Balaban J connectivity index is 1.50. The van der Waals surface area contributed by atoms with Gasteiger partial charge in [-0.3, -0.25) is 4.79 Å². The van der Waals surface area contributed by atoms with E-state index in [4.69, 9.17) is 15.0 Å². The standard InChI is InChI=1S/C23H24N6O3S/c1-14-4-6-15(7-5-14)12-25-18(30)13-29-20(24)19(23(27-29)33-3)22-26-21(28-32-22)16-8-10-17(31-2)11-9-16/h4-11H,12-13,24H2,1-3H3,(H,25,30). The van der Waals surface area contributed by atoms with Gasteiger partial charge in [-0.05, 0) is 43.0 Å². The summed E-state index contributed by atoms with van der Waals surface area (Å²) in [5, 5.41) is 12.0. The lowest BCUT2D eigenvalue weighted by atomic mass is 10.1. The summed E-state index contributed by atoms with van der Waals surface area (Å²) >= 11 is 1.39. The Bertz CT molecular complexity index is 1250. The Morgan fingerprint density at radius 2 is 1.91 bits per heavy atom. The molecule has 3 N–H and O–H groups in total. The lowest BCUT2D eigenvalue weighted by Crippen LogP contribution is -2.28. The van der Waals surface area contributed by atoms with Gasteiger partial charge in [-0.2, -0.15) is 10.1 Å². The zero-order chi connectivity index (χ0) is 23.4. The van der Waals surface area contributed by atoms with Crippen molar-refractivity contribution in [2.45, 2.75) is 25.0 Å². The fourth-order valence-electron chi connectivity index (χ4n) is 3.20. The van der Waals surface area contributed by atoms with Crippen molar-refractivity contribution in [3.8, 4) is 28.6 Å². The van der Waals surface area contributed by atoms with E-state index in [0.29, 0.717) is 23.0 Å². The highest BCUT2D eigenvalue weighted by Crippen LogP contribution is 2.35. The van der Waals surface area contributed by atoms with Crippen molar-refractivity contribution in [2.24, 2.45) is 0 Å². The number of nitrogen functional groups attached to an aromatic ring is 1. The van der Waals surface area contributed by atoms with E-state index in [9.17, 15) is 4.79 Å². The number of benzene rings is 2. The second-order valence-electron chi connectivity index (χ2n) is 7.34. The minimum Gasteiger partial charge on any atom is -0.497 e. The van der Waals surface area contributed by atoms with Crippen molar-refractivity contribution in [3.63, 3.8) is 0 Å². The number of ether oxygens (including phenoxy) is 1. The molecular formula is C23H24N6O3S. The molecular weight excluding hydrogens is 440 g/mol. The molecule has 9 nitrogen and oxygen atoms in total. The third kappa shape index (κ3) is 5.01. The van der Waals surface area contributed by atoms with Crippen LogP contribution >= 0.6 is 11.8 Å². The molecule has 0 radical (unpaired) electrons. The summed E-state index contributed by atoms with van der Waals surface area (Å²) in [6.07, 6.45) is 1.87. The first-order valence-corrected chi connectivity index (χ1v) is 11.4. The van der Waals surface area contributed by atoms with Gasteiger partial charge in [-0.1, -0.05) is 35.0 Å². The molecule has 2 aromatic heterocycles. The normalized spacial score (nSPS) is 10.9. The first kappa shape index (κ1) is 22.4. The molecule has 0 aliphatic rings. The van der Waals surface area contributed by atoms with Crippen LogP contribution in [-0.2, 0) is 17.9 Å². The molecule has 2 aromatic carbocycles. The van der Waals surface area contributed by atoms with Gasteiger partial charge in [-0.15, -0.1) is 11.8 Å². The maximum atomic E-state index is 12.5. The number of nitrogens with two attached hydrogens (primary N) is 1. The number of nitrogens with one attached hydrogen (secondary N) is 1. The molecule has 0 bridgehead atoms. The predicted molar refractivity (Wildman–Crippen MR) is 127 cm³/mol. The van der Waals surface area contributed by atoms with Crippen molar-refractivity contribution in [2.75, 3.05) is 19.1 Å². The molecule has 170 valence electrons. The maximum absolute atomic E-state index is 12.5. The van der Waals surface area contributed by atoms with Crippen molar-refractivity contribution >= 4 is 23.5 Å². The number of carbonyl (C=O) groups excluding carboxylic acids is 1. The third-order valence-corrected chi connectivity index (χ3v) is 5.72. The number of anilines is 1. The minimum absolute atomic E-state index is 0.0231. The number of methoxy groups -OCH3 is 1. The summed E-state index contributed by atoms with van der Waals surface area (Å²) in [6.45, 7) is 2.43. The first-order valence-electron chi connectivity index (χ1n) is 10.2. The van der Waals surface area contributed by atoms with E-state index in [1.807, 2.05) is 61.7 Å². The molecule has 4 rings (SSSR count). The molecule has 2 heterocycles. The lowest BCUT2D eigenvalue weighted by molar-refractivity contribution is -0.122. The van der Waals surface area contributed by atoms with E-state index in [1.54, 1.807) is 7.11 Å². The zero-order valence-corrected chi connectivity index (χ0v) is 19.3. The summed E-state index contributed by atoms with van der Waals surface area (Å²) in [4.78, 5) is 17.0. The van der Waals surface area contributed by atoms with Crippen LogP contribution in [0.1, 0.15) is 11.1 Å². The molecule has 0 atom stereocenters. The number of rotatable bonds is 8. The van der Waals surface area contributed by atoms with Gasteiger partial charge in [0.05, 0.1) is 7.11 Å². The van der Waals surface area contributed by atoms with Crippen LogP contribution in [-0.4, -0.2) is 39.2 Å². The van der Waals surface area contributed by atoms with E-state index in [2.05, 4.69) is 20.6 Å². The number of carbonyl (C=O) groups is 1. The Kier molecular flexibility index (Phi) is 6.64. The number of hydrogen-bond acceptors (Lipinski definition) is 8. The highest BCUT2D eigenvalue weighted by Gasteiger charge is 2.23. The van der Waals surface area contributed by atoms with Crippen LogP contribution in [0, 0.1) is 6.92 Å². The highest BCUT2D eigenvalue weighted by molar-refractivity contribution is 7.98. The molecule has 33 heavy (non-hydrogen) atoms. The molecule has 0 aliphatic heterocycles. The highest BCUT2D eigenvalue weighted by atomic mass is 32.2. The summed E-state index contributed by atoms with van der Waals surface area (Å²) in [6, 6.07) is 15.3. The number of amides is 1. The Hall–Kier alpha value is -3.79. The van der Waals surface area contributed by atoms with Gasteiger partial charge in [0.25, 0.3) is 5.89 Å². The van der Waals surface area contributed by atoms with Crippen molar-refractivity contribution in [3.05, 3.63) is 59.7 Å². The molecule has 0 unspecified atom stereocenters. The van der Waals surface area contributed by atoms with E-state index in [1.165, 1.54) is 22.0 Å². The van der Waals surface area contributed by atoms with E-state index in [-0.39, 0.29) is 24.2 Å². The SMILES string of the molecule is COc1ccc(-c2noc(-c3c(SC)nn(CC(=O)NCc4ccc(C)cc4)c3N)n2)cc1. The average molecular weight is 465 g/mol. The maximum Gasteiger partial charge on any atom is 0.264 e. The van der Waals surface area contributed by atoms with Crippen LogP contribution in [0.25, 0.3) is 22.8 Å². The molecule has 0 fully saturated rings. The summed E-state index contributed by atoms with van der Waals surface area (Å²) in [7, 11) is 1.61. The number of aryl methyl sites for hydroxylation is 1. The van der Waals surface area contributed by atoms with Crippen LogP contribution < -0.4 is 15.8 Å². The largest absolute Gasteiger partial charge is 0.497 e. The fourth-order valence-corrected chi connectivity index (χ4v) is 3.77. The van der Waals surface area contributed by atoms with Crippen molar-refractivity contribution < 1.29 is 14.1 Å². The third-order valence-electron chi connectivity index (χ3n) is 5.04. The van der Waals surface area contributed by atoms with Crippen LogP contribution in [0.3, 0.4) is 0 Å². The second-order valence-corrected chi connectivity index (χ2v) is 8.14. The van der Waals surface area contributed by atoms with Gasteiger partial charge in [0.15, 0.2) is 0 Å². The topological polar surface area (TPSA) is 121 Å². The zero-order valence-electron chi connectivity index (χ0n) is 18.5. The smallest absolute Gasteiger partial charge is 0.264 e. The Morgan fingerprint density at radius 1 is 1.18 bits per heavy atom. The molecule has 10 heteroatoms. The second kappa shape index (κ2) is 9.78. The molecule has 0 aliphatic carbocycles. The van der Waals surface area contributed by atoms with Gasteiger partial charge < -0.3 is 20.3 Å². The molecule has 0 saturated carbocycles. The molecule has 1 amide bonds. The Labute approximate surface area is 195 Å². The van der Waals surface area contributed by atoms with Crippen LogP contribution in [0.15, 0.2) is 58.1 Å². The first-order chi connectivity index (χ1) is 16.0. The monoisotopic (exact) mass is 464 g/mol. The van der Waals surface area contributed by atoms with Crippen LogP contribution in [0.5, 0.6) is 5.75 Å². The van der Waals surface area contributed by atoms with Gasteiger partial charge in [0.1, 0.15) is 28.7 Å². The summed E-state index contributed by atoms with van der Waals surface area (Å²) in [5.74, 6) is 1.48. The number of hydrogen-bond donors (Lipinski definition) is 2. The summed E-state index contributed by atoms with van der Waals surface area (Å²) < 4.78 is 12.1. The predicted octanol–water partition coefficient (Wildman–Crippen LogP) is 3.54. The molecule has 0 spiro atoms. The summed E-state index contributed by atoms with van der Waals surface area (Å²) in [5.41, 5.74) is 9.81. The van der Waals surface area contributed by atoms with E-state index in [0.717, 1.165) is 16.9 Å². The van der Waals surface area contributed by atoms with Gasteiger partial charge in [0, 0.05) is 12.1 Å². The van der Waals surface area contributed by atoms with Crippen molar-refractivity contribution in [1.29, 1.82) is 0 Å². The van der Waals surface area contributed by atoms with Crippen LogP contribution in [0.2, 0.25) is 0 Å². The van der Waals surface area contributed by atoms with Crippen LogP contribution in [0.4, 0.5) is 5.82 Å². The van der Waals surface area contributed by atoms with Crippen molar-refractivity contribution in [1.82, 2.24) is 25.2 Å². The number of thioether (sulfide) groups is 1. The molecule has 4 aromatic rings. The van der Waals surface area contributed by atoms with Gasteiger partial charge in [0.2, 0.25) is 11.7 Å². The number of nitrogens with zero attached hydrogens (tertiary/aromatic N) is 4. The fraction of sp³-hybridized carbons (Fsp3) is 0.217. The van der Waals surface area contributed by atoms with Gasteiger partial charge in [-0.25, -0.2) is 4.68 Å². The van der Waals surface area contributed by atoms with Gasteiger partial charge >= 0.3 is 0 Å². The van der Waals surface area contributed by atoms with E-state index < -0.39 is 0 Å². The molecule has 0 saturated heterocycles. The number of aromatic nitrogens is 4. The minimum atomic E-state index is -0.201. The quantitative estimate of drug-likeness (QED) is 0.380.